The monoisotopic (exact) mass is 328 g/mol. The van der Waals surface area contributed by atoms with E-state index in [0.717, 1.165) is 30.2 Å². The summed E-state index contributed by atoms with van der Waals surface area (Å²) >= 11 is 0. The van der Waals surface area contributed by atoms with Gasteiger partial charge in [0.2, 0.25) is 0 Å². The number of hydrogen-bond donors (Lipinski definition) is 0. The lowest BCUT2D eigenvalue weighted by atomic mass is 9.98. The van der Waals surface area contributed by atoms with Gasteiger partial charge in [0.05, 0.1) is 10.8 Å². The van der Waals surface area contributed by atoms with Crippen molar-refractivity contribution >= 4 is 21.2 Å². The number of benzene rings is 1. The minimum atomic E-state index is -3.14. The summed E-state index contributed by atoms with van der Waals surface area (Å²) in [4.78, 5) is 2.56. The average Bonchev–Trinajstić information content (AvgIpc) is 2.90. The number of hydrogen-bond acceptors (Lipinski definition) is 5. The molecule has 0 spiro atoms. The van der Waals surface area contributed by atoms with Crippen molar-refractivity contribution in [1.82, 2.24) is 14.6 Å². The number of sulfone groups is 1. The summed E-state index contributed by atoms with van der Waals surface area (Å²) in [6, 6.07) is 12.9. The lowest BCUT2D eigenvalue weighted by molar-refractivity contribution is 0.497. The van der Waals surface area contributed by atoms with Gasteiger partial charge in [-0.2, -0.15) is 0 Å². The molecule has 23 heavy (non-hydrogen) atoms. The Kier molecular flexibility index (Phi) is 3.12. The van der Waals surface area contributed by atoms with E-state index < -0.39 is 9.84 Å². The van der Waals surface area contributed by atoms with Gasteiger partial charge in [0.1, 0.15) is 5.82 Å². The molecule has 0 radical (unpaired) electrons. The van der Waals surface area contributed by atoms with Crippen LogP contribution in [0.5, 0.6) is 0 Å². The molecule has 6 nitrogen and oxygen atoms in total. The number of fused-ring (bicyclic) bond motifs is 1. The third-order valence-electron chi connectivity index (χ3n) is 4.22. The maximum atomic E-state index is 11.5. The predicted molar refractivity (Wildman–Crippen MR) is 87.5 cm³/mol. The van der Waals surface area contributed by atoms with Crippen LogP contribution in [0.1, 0.15) is 11.7 Å². The third kappa shape index (κ3) is 2.46. The van der Waals surface area contributed by atoms with E-state index in [2.05, 4.69) is 15.1 Å². The lowest BCUT2D eigenvalue weighted by Gasteiger charge is -2.40. The molecule has 4 rings (SSSR count). The number of aromatic nitrogens is 3. The average molecular weight is 328 g/mol. The van der Waals surface area contributed by atoms with E-state index >= 15 is 0 Å². The molecule has 7 heteroatoms. The van der Waals surface area contributed by atoms with Crippen molar-refractivity contribution in [2.24, 2.45) is 0 Å². The van der Waals surface area contributed by atoms with Crippen LogP contribution in [0, 0.1) is 0 Å². The molecule has 0 aliphatic carbocycles. The minimum absolute atomic E-state index is 0.335. The van der Waals surface area contributed by atoms with Crippen molar-refractivity contribution < 1.29 is 8.42 Å². The Bertz CT molecular complexity index is 957. The van der Waals surface area contributed by atoms with E-state index in [9.17, 15) is 8.42 Å². The van der Waals surface area contributed by atoms with Crippen LogP contribution < -0.4 is 4.90 Å². The van der Waals surface area contributed by atoms with Crippen molar-refractivity contribution in [3.63, 3.8) is 0 Å². The highest BCUT2D eigenvalue weighted by molar-refractivity contribution is 7.90. The van der Waals surface area contributed by atoms with Gasteiger partial charge >= 0.3 is 0 Å². The van der Waals surface area contributed by atoms with Gasteiger partial charge in [0.15, 0.2) is 15.5 Å². The highest BCUT2D eigenvalue weighted by atomic mass is 32.2. The lowest BCUT2D eigenvalue weighted by Crippen LogP contribution is -2.45. The predicted octanol–water partition coefficient (Wildman–Crippen LogP) is 1.74. The first-order valence-electron chi connectivity index (χ1n) is 7.37. The first kappa shape index (κ1) is 14.2. The van der Waals surface area contributed by atoms with Gasteiger partial charge in [0.25, 0.3) is 0 Å². The molecular weight excluding hydrogens is 312 g/mol. The van der Waals surface area contributed by atoms with E-state index in [1.165, 1.54) is 6.26 Å². The fraction of sp³-hybridized carbons (Fsp3) is 0.250. The second kappa shape index (κ2) is 5.06. The van der Waals surface area contributed by atoms with E-state index in [0.29, 0.717) is 10.8 Å². The highest BCUT2D eigenvalue weighted by Crippen LogP contribution is 2.31. The summed E-state index contributed by atoms with van der Waals surface area (Å²) in [5, 5.41) is 8.48. The van der Waals surface area contributed by atoms with Crippen LogP contribution in [0.4, 0.5) is 5.69 Å². The highest BCUT2D eigenvalue weighted by Gasteiger charge is 2.31. The zero-order chi connectivity index (χ0) is 16.0. The summed E-state index contributed by atoms with van der Waals surface area (Å²) < 4.78 is 25.0. The Morgan fingerprint density at radius 1 is 1.04 bits per heavy atom. The topological polar surface area (TPSA) is 67.6 Å². The van der Waals surface area contributed by atoms with Gasteiger partial charge in [0, 0.05) is 31.2 Å². The zero-order valence-electron chi connectivity index (χ0n) is 12.6. The molecule has 0 amide bonds. The van der Waals surface area contributed by atoms with Crippen LogP contribution in [-0.4, -0.2) is 42.4 Å². The molecule has 0 unspecified atom stereocenters. The van der Waals surface area contributed by atoms with Gasteiger partial charge in [-0.25, -0.2) is 8.42 Å². The maximum Gasteiger partial charge on any atom is 0.175 e. The maximum absolute atomic E-state index is 11.5. The zero-order valence-corrected chi connectivity index (χ0v) is 13.4. The van der Waals surface area contributed by atoms with Crippen molar-refractivity contribution in [1.29, 1.82) is 0 Å². The van der Waals surface area contributed by atoms with Crippen LogP contribution >= 0.6 is 0 Å². The fourth-order valence-corrected chi connectivity index (χ4v) is 3.53. The Balaban J connectivity index is 1.51. The number of rotatable bonds is 3. The van der Waals surface area contributed by atoms with Crippen molar-refractivity contribution in [3.8, 4) is 0 Å². The molecule has 0 N–H and O–H groups in total. The molecule has 0 bridgehead atoms. The van der Waals surface area contributed by atoms with Gasteiger partial charge in [-0.1, -0.05) is 6.07 Å². The molecule has 3 aromatic rings. The summed E-state index contributed by atoms with van der Waals surface area (Å²) in [6.07, 6.45) is 3.20. The molecule has 1 aliphatic heterocycles. The van der Waals surface area contributed by atoms with Gasteiger partial charge in [-0.15, -0.1) is 10.2 Å². The van der Waals surface area contributed by atoms with Crippen LogP contribution in [0.25, 0.3) is 5.65 Å². The number of nitrogens with zero attached hydrogens (tertiary/aromatic N) is 4. The molecule has 3 heterocycles. The van der Waals surface area contributed by atoms with E-state index in [1.54, 1.807) is 12.1 Å². The first-order valence-corrected chi connectivity index (χ1v) is 9.26. The molecule has 0 saturated carbocycles. The Morgan fingerprint density at radius 3 is 2.48 bits per heavy atom. The first-order chi connectivity index (χ1) is 11.0. The Hall–Kier alpha value is -2.41. The largest absolute Gasteiger partial charge is 0.370 e. The van der Waals surface area contributed by atoms with Crippen LogP contribution in [0.3, 0.4) is 0 Å². The van der Waals surface area contributed by atoms with Crippen LogP contribution in [0.2, 0.25) is 0 Å². The van der Waals surface area contributed by atoms with Crippen LogP contribution in [-0.2, 0) is 9.84 Å². The summed E-state index contributed by atoms with van der Waals surface area (Å²) in [5.74, 6) is 1.31. The number of anilines is 1. The van der Waals surface area contributed by atoms with Crippen molar-refractivity contribution in [2.45, 2.75) is 10.8 Å². The van der Waals surface area contributed by atoms with Crippen molar-refractivity contribution in [2.75, 3.05) is 24.2 Å². The molecule has 1 aliphatic rings. The van der Waals surface area contributed by atoms with E-state index in [1.807, 2.05) is 40.9 Å². The Morgan fingerprint density at radius 2 is 1.78 bits per heavy atom. The Labute approximate surface area is 134 Å². The smallest absolute Gasteiger partial charge is 0.175 e. The van der Waals surface area contributed by atoms with Gasteiger partial charge in [-0.3, -0.25) is 4.40 Å². The van der Waals surface area contributed by atoms with Crippen molar-refractivity contribution in [3.05, 3.63) is 54.5 Å². The second-order valence-corrected chi connectivity index (χ2v) is 7.87. The third-order valence-corrected chi connectivity index (χ3v) is 5.35. The fourth-order valence-electron chi connectivity index (χ4n) is 2.90. The summed E-state index contributed by atoms with van der Waals surface area (Å²) in [5.41, 5.74) is 1.89. The minimum Gasteiger partial charge on any atom is -0.370 e. The van der Waals surface area contributed by atoms with Gasteiger partial charge in [-0.05, 0) is 36.4 Å². The molecule has 2 aromatic heterocycles. The van der Waals surface area contributed by atoms with Gasteiger partial charge < -0.3 is 4.90 Å². The normalized spacial score (nSPS) is 15.8. The van der Waals surface area contributed by atoms with E-state index in [-0.39, 0.29) is 0 Å². The summed E-state index contributed by atoms with van der Waals surface area (Å²) in [6.45, 7) is 1.71. The molecule has 1 fully saturated rings. The summed E-state index contributed by atoms with van der Waals surface area (Å²) in [7, 11) is -3.14. The van der Waals surface area contributed by atoms with E-state index in [4.69, 9.17) is 0 Å². The molecular formula is C16H16N4O2S. The molecule has 1 saturated heterocycles. The van der Waals surface area contributed by atoms with Crippen LogP contribution in [0.15, 0.2) is 53.6 Å². The number of pyridine rings is 1. The SMILES string of the molecule is CS(=O)(=O)c1ccc(N2CC(c3nnc4ccccn34)C2)cc1. The standard InChI is InChI=1S/C16H16N4O2S/c1-23(21,22)14-7-5-13(6-8-14)19-10-12(11-19)16-18-17-15-4-2-3-9-20(15)16/h2-9,12H,10-11H2,1H3. The molecule has 0 atom stereocenters. The molecule has 1 aromatic carbocycles. The second-order valence-electron chi connectivity index (χ2n) is 5.86. The quantitative estimate of drug-likeness (QED) is 0.732. The molecule has 118 valence electrons.